The summed E-state index contributed by atoms with van der Waals surface area (Å²) in [6, 6.07) is 4.25. The van der Waals surface area contributed by atoms with Gasteiger partial charge in [0.25, 0.3) is 0 Å². The van der Waals surface area contributed by atoms with Gasteiger partial charge >= 0.3 is 6.03 Å². The number of ether oxygens (including phenoxy) is 2. The van der Waals surface area contributed by atoms with Crippen LogP contribution >= 0.6 is 11.6 Å². The zero-order valence-electron chi connectivity index (χ0n) is 14.4. The summed E-state index contributed by atoms with van der Waals surface area (Å²) in [6.45, 7) is 6.38. The first-order valence-corrected chi connectivity index (χ1v) is 8.32. The van der Waals surface area contributed by atoms with E-state index in [-0.39, 0.29) is 29.7 Å². The molecule has 0 spiro atoms. The summed E-state index contributed by atoms with van der Waals surface area (Å²) in [5.41, 5.74) is 0.542. The first kappa shape index (κ1) is 19.0. The van der Waals surface area contributed by atoms with E-state index in [1.165, 1.54) is 6.07 Å². The highest BCUT2D eigenvalue weighted by Gasteiger charge is 2.34. The van der Waals surface area contributed by atoms with Gasteiger partial charge < -0.3 is 19.7 Å². The molecule has 2 amide bonds. The number of carbonyl (C=O) groups excluding carboxylic acids is 1. The molecule has 1 N–H and O–H groups in total. The van der Waals surface area contributed by atoms with E-state index in [4.69, 9.17) is 21.1 Å². The Hall–Kier alpha value is -1.37. The number of benzene rings is 1. The molecule has 1 fully saturated rings. The van der Waals surface area contributed by atoms with Crippen molar-refractivity contribution in [3.63, 3.8) is 0 Å². The smallest absolute Gasteiger partial charge is 0.317 e. The second-order valence-electron chi connectivity index (χ2n) is 6.52. The number of carbonyl (C=O) groups is 1. The predicted molar refractivity (Wildman–Crippen MR) is 90.4 cm³/mol. The number of urea groups is 1. The van der Waals surface area contributed by atoms with Crippen molar-refractivity contribution in [2.45, 2.75) is 51.7 Å². The highest BCUT2D eigenvalue weighted by molar-refractivity contribution is 6.31. The van der Waals surface area contributed by atoms with E-state index >= 15 is 0 Å². The van der Waals surface area contributed by atoms with Crippen LogP contribution < -0.4 is 5.32 Å². The van der Waals surface area contributed by atoms with Crippen LogP contribution in [0.4, 0.5) is 9.18 Å². The number of nitrogens with zero attached hydrogens (tertiary/aromatic N) is 1. The van der Waals surface area contributed by atoms with Crippen molar-refractivity contribution in [2.75, 3.05) is 13.7 Å². The average Bonchev–Trinajstić information content (AvgIpc) is 2.86. The fourth-order valence-corrected chi connectivity index (χ4v) is 2.79. The summed E-state index contributed by atoms with van der Waals surface area (Å²) in [5.74, 6) is -1.06. The van der Waals surface area contributed by atoms with Crippen LogP contribution in [0.5, 0.6) is 0 Å². The summed E-state index contributed by atoms with van der Waals surface area (Å²) in [7, 11) is 1.72. The van der Waals surface area contributed by atoms with Crippen LogP contribution in [0.2, 0.25) is 5.02 Å². The third-order valence-electron chi connectivity index (χ3n) is 4.11. The molecule has 0 radical (unpaired) electrons. The van der Waals surface area contributed by atoms with Crippen LogP contribution in [0.1, 0.15) is 32.8 Å². The average molecular weight is 359 g/mol. The Bertz CT molecular complexity index is 597. The van der Waals surface area contributed by atoms with Gasteiger partial charge in [-0.15, -0.1) is 0 Å². The standard InChI is InChI=1S/C17H24ClFN2O3/c1-11(8-13-10-23-17(2,3)24-13)21(4)16(22)20-9-12-6-5-7-14(19)15(12)18/h5-7,11,13H,8-10H2,1-4H3,(H,20,22)/t11-,13+/m0/s1. The van der Waals surface area contributed by atoms with Gasteiger partial charge in [-0.25, -0.2) is 9.18 Å². The van der Waals surface area contributed by atoms with Gasteiger partial charge in [-0.1, -0.05) is 23.7 Å². The fourth-order valence-electron chi connectivity index (χ4n) is 2.60. The minimum absolute atomic E-state index is 0.0320. The third kappa shape index (κ3) is 4.82. The quantitative estimate of drug-likeness (QED) is 0.875. The molecule has 0 saturated carbocycles. The van der Waals surface area contributed by atoms with Crippen molar-refractivity contribution >= 4 is 17.6 Å². The molecule has 0 bridgehead atoms. The largest absolute Gasteiger partial charge is 0.348 e. The number of hydrogen-bond donors (Lipinski definition) is 1. The zero-order chi connectivity index (χ0) is 17.9. The normalized spacial score (nSPS) is 20.7. The van der Waals surface area contributed by atoms with Gasteiger partial charge in [-0.2, -0.15) is 0 Å². The monoisotopic (exact) mass is 358 g/mol. The lowest BCUT2D eigenvalue weighted by Gasteiger charge is -2.27. The molecule has 1 heterocycles. The van der Waals surface area contributed by atoms with Crippen molar-refractivity contribution < 1.29 is 18.7 Å². The molecule has 7 heteroatoms. The van der Waals surface area contributed by atoms with Gasteiger partial charge in [0.05, 0.1) is 17.7 Å². The molecule has 0 unspecified atom stereocenters. The summed E-state index contributed by atoms with van der Waals surface area (Å²) in [5, 5.41) is 2.79. The van der Waals surface area contributed by atoms with Crippen LogP contribution in [-0.4, -0.2) is 42.5 Å². The summed E-state index contributed by atoms with van der Waals surface area (Å²) in [6.07, 6.45) is 0.636. The number of nitrogens with one attached hydrogen (secondary N) is 1. The lowest BCUT2D eigenvalue weighted by molar-refractivity contribution is -0.139. The molecule has 1 aliphatic rings. The molecule has 134 valence electrons. The lowest BCUT2D eigenvalue weighted by atomic mass is 10.1. The van der Waals surface area contributed by atoms with E-state index in [0.29, 0.717) is 18.6 Å². The van der Waals surface area contributed by atoms with Crippen molar-refractivity contribution in [1.82, 2.24) is 10.2 Å². The Morgan fingerprint density at radius 1 is 1.54 bits per heavy atom. The molecular formula is C17H24ClFN2O3. The summed E-state index contributed by atoms with van der Waals surface area (Å²) >= 11 is 5.89. The topological polar surface area (TPSA) is 50.8 Å². The summed E-state index contributed by atoms with van der Waals surface area (Å²) in [4.78, 5) is 13.9. The number of amides is 2. The van der Waals surface area contributed by atoms with Crippen molar-refractivity contribution in [3.8, 4) is 0 Å². The van der Waals surface area contributed by atoms with E-state index in [9.17, 15) is 9.18 Å². The Morgan fingerprint density at radius 3 is 2.88 bits per heavy atom. The molecule has 1 aromatic carbocycles. The summed E-state index contributed by atoms with van der Waals surface area (Å²) < 4.78 is 24.7. The molecule has 0 aromatic heterocycles. The highest BCUT2D eigenvalue weighted by atomic mass is 35.5. The van der Waals surface area contributed by atoms with Crippen LogP contribution in [0.25, 0.3) is 0 Å². The Balaban J connectivity index is 1.84. The molecule has 24 heavy (non-hydrogen) atoms. The third-order valence-corrected chi connectivity index (χ3v) is 4.54. The first-order chi connectivity index (χ1) is 11.2. The van der Waals surface area contributed by atoms with E-state index < -0.39 is 11.6 Å². The van der Waals surface area contributed by atoms with Gasteiger partial charge in [0.2, 0.25) is 0 Å². The van der Waals surface area contributed by atoms with Gasteiger partial charge in [-0.05, 0) is 38.8 Å². The molecule has 1 aromatic rings. The maximum Gasteiger partial charge on any atom is 0.317 e. The van der Waals surface area contributed by atoms with Gasteiger partial charge in [0.15, 0.2) is 5.79 Å². The molecule has 1 saturated heterocycles. The molecule has 1 aliphatic heterocycles. The van der Waals surface area contributed by atoms with Crippen LogP contribution in [-0.2, 0) is 16.0 Å². The second kappa shape index (κ2) is 7.68. The molecule has 0 aliphatic carbocycles. The fraction of sp³-hybridized carbons (Fsp3) is 0.588. The van der Waals surface area contributed by atoms with Crippen molar-refractivity contribution in [3.05, 3.63) is 34.6 Å². The molecule has 5 nitrogen and oxygen atoms in total. The predicted octanol–water partition coefficient (Wildman–Crippen LogP) is 3.55. The van der Waals surface area contributed by atoms with Gasteiger partial charge in [0, 0.05) is 19.6 Å². The second-order valence-corrected chi connectivity index (χ2v) is 6.90. The Morgan fingerprint density at radius 2 is 2.25 bits per heavy atom. The molecule has 2 atom stereocenters. The Labute approximate surface area is 147 Å². The van der Waals surface area contributed by atoms with E-state index in [2.05, 4.69) is 5.32 Å². The van der Waals surface area contributed by atoms with Crippen LogP contribution in [0, 0.1) is 5.82 Å². The number of hydrogen-bond acceptors (Lipinski definition) is 3. The van der Waals surface area contributed by atoms with E-state index in [0.717, 1.165) is 0 Å². The number of rotatable bonds is 5. The molecular weight excluding hydrogens is 335 g/mol. The zero-order valence-corrected chi connectivity index (χ0v) is 15.2. The van der Waals surface area contributed by atoms with Crippen molar-refractivity contribution in [1.29, 1.82) is 0 Å². The minimum atomic E-state index is -0.570. The Kier molecular flexibility index (Phi) is 6.06. The lowest BCUT2D eigenvalue weighted by Crippen LogP contribution is -2.43. The first-order valence-electron chi connectivity index (χ1n) is 7.95. The van der Waals surface area contributed by atoms with Crippen LogP contribution in [0.15, 0.2) is 18.2 Å². The minimum Gasteiger partial charge on any atom is -0.348 e. The van der Waals surface area contributed by atoms with Gasteiger partial charge in [0.1, 0.15) is 5.82 Å². The van der Waals surface area contributed by atoms with Crippen molar-refractivity contribution in [2.24, 2.45) is 0 Å². The highest BCUT2D eigenvalue weighted by Crippen LogP contribution is 2.25. The van der Waals surface area contributed by atoms with Crippen LogP contribution in [0.3, 0.4) is 0 Å². The van der Waals surface area contributed by atoms with Gasteiger partial charge in [-0.3, -0.25) is 0 Å². The maximum absolute atomic E-state index is 13.4. The molecule has 2 rings (SSSR count). The van der Waals surface area contributed by atoms with E-state index in [1.807, 2.05) is 20.8 Å². The van der Waals surface area contributed by atoms with E-state index in [1.54, 1.807) is 24.1 Å². The number of halogens is 2. The SMILES string of the molecule is C[C@@H](C[C@@H]1COC(C)(C)O1)N(C)C(=O)NCc1cccc(F)c1Cl. The maximum atomic E-state index is 13.4.